The molecular weight excluding hydrogens is 460 g/mol. The number of amides is 1. The van der Waals surface area contributed by atoms with E-state index in [0.717, 1.165) is 39.7 Å². The molecule has 2 heterocycles. The Morgan fingerprint density at radius 2 is 2.10 bits per heavy atom. The highest BCUT2D eigenvalue weighted by Gasteiger charge is 2.28. The van der Waals surface area contributed by atoms with E-state index >= 15 is 0 Å². The number of ether oxygens (including phenoxy) is 1. The first kappa shape index (κ1) is 21.4. The molecule has 1 saturated heterocycles. The quantitative estimate of drug-likeness (QED) is 0.601. The molecule has 3 aromatic rings. The van der Waals surface area contributed by atoms with Gasteiger partial charge in [-0.1, -0.05) is 28.1 Å². The second-order valence-electron chi connectivity index (χ2n) is 7.75. The molecule has 1 N–H and O–H groups in total. The standard InChI is InChI=1S/C23H25BrN4O3/c1-27-19-8-4-3-7-18(19)26-21(23(27)30)28-11-5-6-15(14-28)22(29)25-13-16-12-17(24)9-10-20(16)31-2/h3-4,7-10,12,15H,5-6,11,13-14H2,1-2H3,(H,25,29). The molecule has 0 saturated carbocycles. The summed E-state index contributed by atoms with van der Waals surface area (Å²) in [4.78, 5) is 32.4. The average molecular weight is 485 g/mol. The summed E-state index contributed by atoms with van der Waals surface area (Å²) in [6.07, 6.45) is 1.61. The number of benzene rings is 2. The highest BCUT2D eigenvalue weighted by molar-refractivity contribution is 9.10. The molecule has 4 rings (SSSR count). The van der Waals surface area contributed by atoms with Crippen molar-refractivity contribution >= 4 is 38.7 Å². The number of carbonyl (C=O) groups is 1. The number of aromatic nitrogens is 2. The fraction of sp³-hybridized carbons (Fsp3) is 0.348. The Morgan fingerprint density at radius 3 is 2.90 bits per heavy atom. The molecule has 0 radical (unpaired) electrons. The van der Waals surface area contributed by atoms with Gasteiger partial charge >= 0.3 is 0 Å². The van der Waals surface area contributed by atoms with E-state index in [-0.39, 0.29) is 17.4 Å². The Kier molecular flexibility index (Phi) is 6.27. The van der Waals surface area contributed by atoms with Crippen LogP contribution in [0, 0.1) is 5.92 Å². The molecule has 0 bridgehead atoms. The number of para-hydroxylation sites is 2. The van der Waals surface area contributed by atoms with Crippen LogP contribution < -0.4 is 20.5 Å². The topological polar surface area (TPSA) is 76.5 Å². The summed E-state index contributed by atoms with van der Waals surface area (Å²) in [6, 6.07) is 13.3. The molecule has 0 aliphatic carbocycles. The molecule has 1 aromatic heterocycles. The third kappa shape index (κ3) is 4.44. The maximum absolute atomic E-state index is 12.9. The highest BCUT2D eigenvalue weighted by Crippen LogP contribution is 2.24. The Labute approximate surface area is 189 Å². The van der Waals surface area contributed by atoms with Crippen molar-refractivity contribution in [2.45, 2.75) is 19.4 Å². The molecule has 2 aromatic carbocycles. The van der Waals surface area contributed by atoms with Crippen LogP contribution in [0.1, 0.15) is 18.4 Å². The number of nitrogens with one attached hydrogen (secondary N) is 1. The van der Waals surface area contributed by atoms with Crippen molar-refractivity contribution in [1.82, 2.24) is 14.9 Å². The number of halogens is 1. The number of nitrogens with zero attached hydrogens (tertiary/aromatic N) is 3. The zero-order chi connectivity index (χ0) is 22.0. The second kappa shape index (κ2) is 9.09. The van der Waals surface area contributed by atoms with Crippen LogP contribution in [0.15, 0.2) is 51.7 Å². The summed E-state index contributed by atoms with van der Waals surface area (Å²) in [5, 5.41) is 3.03. The van der Waals surface area contributed by atoms with Crippen LogP contribution in [-0.4, -0.2) is 35.7 Å². The van der Waals surface area contributed by atoms with Gasteiger partial charge in [-0.15, -0.1) is 0 Å². The fourth-order valence-electron chi connectivity index (χ4n) is 4.07. The number of anilines is 1. The number of fused-ring (bicyclic) bond motifs is 1. The Hall–Kier alpha value is -2.87. The lowest BCUT2D eigenvalue weighted by atomic mass is 9.97. The first-order valence-corrected chi connectivity index (χ1v) is 11.1. The Bertz CT molecular complexity index is 1180. The number of methoxy groups -OCH3 is 1. The predicted octanol–water partition coefficient (Wildman–Crippen LogP) is 3.24. The van der Waals surface area contributed by atoms with Crippen molar-refractivity contribution < 1.29 is 9.53 Å². The van der Waals surface area contributed by atoms with Gasteiger partial charge < -0.3 is 19.5 Å². The molecule has 1 atom stereocenters. The second-order valence-corrected chi connectivity index (χ2v) is 8.66. The maximum atomic E-state index is 12.9. The molecule has 1 aliphatic rings. The van der Waals surface area contributed by atoms with Crippen LogP contribution in [0.3, 0.4) is 0 Å². The lowest BCUT2D eigenvalue weighted by molar-refractivity contribution is -0.125. The molecule has 162 valence electrons. The van der Waals surface area contributed by atoms with Gasteiger partial charge in [-0.2, -0.15) is 0 Å². The van der Waals surface area contributed by atoms with Gasteiger partial charge in [0.1, 0.15) is 5.75 Å². The van der Waals surface area contributed by atoms with Crippen molar-refractivity contribution in [3.05, 3.63) is 62.9 Å². The lowest BCUT2D eigenvalue weighted by Crippen LogP contribution is -2.45. The number of hydrogen-bond acceptors (Lipinski definition) is 5. The van der Waals surface area contributed by atoms with Crippen LogP contribution in [0.4, 0.5) is 5.82 Å². The third-order valence-corrected chi connectivity index (χ3v) is 6.25. The summed E-state index contributed by atoms with van der Waals surface area (Å²) in [5.41, 5.74) is 2.33. The summed E-state index contributed by atoms with van der Waals surface area (Å²) < 4.78 is 7.94. The van der Waals surface area contributed by atoms with Gasteiger partial charge in [0.05, 0.1) is 24.1 Å². The Morgan fingerprint density at radius 1 is 1.29 bits per heavy atom. The predicted molar refractivity (Wildman–Crippen MR) is 124 cm³/mol. The normalized spacial score (nSPS) is 16.4. The van der Waals surface area contributed by atoms with Crippen LogP contribution >= 0.6 is 15.9 Å². The van der Waals surface area contributed by atoms with Gasteiger partial charge in [0.25, 0.3) is 5.56 Å². The number of rotatable bonds is 5. The molecule has 0 spiro atoms. The van der Waals surface area contributed by atoms with Gasteiger partial charge in [-0.25, -0.2) is 4.98 Å². The summed E-state index contributed by atoms with van der Waals surface area (Å²) in [5.74, 6) is 0.916. The van der Waals surface area contributed by atoms with Gasteiger partial charge in [-0.05, 0) is 43.2 Å². The SMILES string of the molecule is COc1ccc(Br)cc1CNC(=O)C1CCCN(c2nc3ccccc3n(C)c2=O)C1. The minimum atomic E-state index is -0.204. The van der Waals surface area contributed by atoms with Gasteiger partial charge in [-0.3, -0.25) is 9.59 Å². The molecular formula is C23H25BrN4O3. The van der Waals surface area contributed by atoms with E-state index in [9.17, 15) is 9.59 Å². The molecule has 1 aliphatic heterocycles. The van der Waals surface area contributed by atoms with E-state index in [2.05, 4.69) is 26.2 Å². The lowest BCUT2D eigenvalue weighted by Gasteiger charge is -2.32. The van der Waals surface area contributed by atoms with E-state index in [4.69, 9.17) is 4.74 Å². The average Bonchev–Trinajstić information content (AvgIpc) is 2.80. The van der Waals surface area contributed by atoms with E-state index in [0.29, 0.717) is 25.5 Å². The van der Waals surface area contributed by atoms with E-state index in [1.54, 1.807) is 18.7 Å². The van der Waals surface area contributed by atoms with E-state index in [1.807, 2.05) is 47.4 Å². The van der Waals surface area contributed by atoms with Crippen LogP contribution in [0.2, 0.25) is 0 Å². The fourth-order valence-corrected chi connectivity index (χ4v) is 4.47. The summed E-state index contributed by atoms with van der Waals surface area (Å²) >= 11 is 3.46. The van der Waals surface area contributed by atoms with Crippen LogP contribution in [-0.2, 0) is 18.4 Å². The minimum Gasteiger partial charge on any atom is -0.496 e. The molecule has 7 nitrogen and oxygen atoms in total. The van der Waals surface area contributed by atoms with Crippen molar-refractivity contribution in [2.75, 3.05) is 25.1 Å². The number of aryl methyl sites for hydroxylation is 1. The minimum absolute atomic E-state index is 0.0238. The van der Waals surface area contributed by atoms with E-state index in [1.165, 1.54) is 0 Å². The van der Waals surface area contributed by atoms with Crippen molar-refractivity contribution in [3.63, 3.8) is 0 Å². The zero-order valence-corrected chi connectivity index (χ0v) is 19.2. The van der Waals surface area contributed by atoms with Gasteiger partial charge in [0, 0.05) is 36.7 Å². The van der Waals surface area contributed by atoms with Crippen LogP contribution in [0.25, 0.3) is 11.0 Å². The zero-order valence-electron chi connectivity index (χ0n) is 17.6. The molecule has 1 amide bonds. The molecule has 1 fully saturated rings. The number of hydrogen-bond donors (Lipinski definition) is 1. The van der Waals surface area contributed by atoms with Crippen molar-refractivity contribution in [2.24, 2.45) is 13.0 Å². The van der Waals surface area contributed by atoms with Gasteiger partial charge in [0.2, 0.25) is 5.91 Å². The largest absolute Gasteiger partial charge is 0.496 e. The third-order valence-electron chi connectivity index (χ3n) is 5.75. The first-order valence-electron chi connectivity index (χ1n) is 10.3. The van der Waals surface area contributed by atoms with Crippen LogP contribution in [0.5, 0.6) is 5.75 Å². The molecule has 31 heavy (non-hydrogen) atoms. The number of piperidine rings is 1. The first-order chi connectivity index (χ1) is 15.0. The monoisotopic (exact) mass is 484 g/mol. The molecule has 8 heteroatoms. The Balaban J connectivity index is 1.50. The smallest absolute Gasteiger partial charge is 0.293 e. The summed E-state index contributed by atoms with van der Waals surface area (Å²) in [7, 11) is 3.38. The van der Waals surface area contributed by atoms with E-state index < -0.39 is 0 Å². The molecule has 1 unspecified atom stereocenters. The van der Waals surface area contributed by atoms with Crippen molar-refractivity contribution in [3.8, 4) is 5.75 Å². The highest BCUT2D eigenvalue weighted by atomic mass is 79.9. The maximum Gasteiger partial charge on any atom is 0.293 e. The number of carbonyl (C=O) groups excluding carboxylic acids is 1. The van der Waals surface area contributed by atoms with Crippen molar-refractivity contribution in [1.29, 1.82) is 0 Å². The summed E-state index contributed by atoms with van der Waals surface area (Å²) in [6.45, 7) is 1.57. The van der Waals surface area contributed by atoms with Gasteiger partial charge in [0.15, 0.2) is 5.82 Å².